The van der Waals surface area contributed by atoms with Crippen LogP contribution in [0.3, 0.4) is 0 Å². The van der Waals surface area contributed by atoms with Crippen LogP contribution in [0.25, 0.3) is 0 Å². The van der Waals surface area contributed by atoms with Crippen molar-refractivity contribution in [1.29, 1.82) is 0 Å². The Kier molecular flexibility index (Phi) is 6.25. The lowest BCUT2D eigenvalue weighted by atomic mass is 10.2. The van der Waals surface area contributed by atoms with Gasteiger partial charge in [0.15, 0.2) is 0 Å². The molecule has 0 saturated heterocycles. The van der Waals surface area contributed by atoms with Gasteiger partial charge in [-0.3, -0.25) is 0 Å². The van der Waals surface area contributed by atoms with Crippen LogP contribution in [0.2, 0.25) is 5.02 Å². The van der Waals surface area contributed by atoms with Gasteiger partial charge in [0.05, 0.1) is 0 Å². The third kappa shape index (κ3) is 4.98. The molecule has 15 heavy (non-hydrogen) atoms. The predicted octanol–water partition coefficient (Wildman–Crippen LogP) is 2.80. The smallest absolute Gasteiger partial charge is 0.0451 e. The summed E-state index contributed by atoms with van der Waals surface area (Å²) >= 11 is 9.49. The topological polar surface area (TPSA) is 24.1 Å². The molecule has 0 aliphatic heterocycles. The Labute approximate surface area is 105 Å². The van der Waals surface area contributed by atoms with E-state index in [9.17, 15) is 0 Å². The van der Waals surface area contributed by atoms with Crippen molar-refractivity contribution in [3.8, 4) is 0 Å². The first kappa shape index (κ1) is 13.0. The van der Waals surface area contributed by atoms with Crippen molar-refractivity contribution in [2.75, 3.05) is 19.6 Å². The first-order chi connectivity index (χ1) is 7.24. The van der Waals surface area contributed by atoms with Crippen molar-refractivity contribution in [1.82, 2.24) is 10.6 Å². The molecule has 0 fully saturated rings. The largest absolute Gasteiger partial charge is 0.316 e. The summed E-state index contributed by atoms with van der Waals surface area (Å²) < 4.78 is 1.07. The van der Waals surface area contributed by atoms with Gasteiger partial charge in [0.1, 0.15) is 0 Å². The average molecular weight is 292 g/mol. The number of benzene rings is 1. The molecule has 0 aromatic heterocycles. The molecule has 0 atom stereocenters. The Morgan fingerprint density at radius 2 is 2.00 bits per heavy atom. The van der Waals surface area contributed by atoms with Crippen LogP contribution < -0.4 is 10.6 Å². The van der Waals surface area contributed by atoms with Gasteiger partial charge in [-0.1, -0.05) is 34.5 Å². The summed E-state index contributed by atoms with van der Waals surface area (Å²) in [6.45, 7) is 5.87. The highest BCUT2D eigenvalue weighted by atomic mass is 79.9. The summed E-state index contributed by atoms with van der Waals surface area (Å²) in [5.41, 5.74) is 1.13. The van der Waals surface area contributed by atoms with Crippen molar-refractivity contribution in [3.05, 3.63) is 33.3 Å². The molecule has 0 amide bonds. The van der Waals surface area contributed by atoms with E-state index in [0.29, 0.717) is 0 Å². The maximum atomic E-state index is 6.06. The van der Waals surface area contributed by atoms with Crippen molar-refractivity contribution in [3.63, 3.8) is 0 Å². The Morgan fingerprint density at radius 1 is 1.27 bits per heavy atom. The summed E-state index contributed by atoms with van der Waals surface area (Å²) in [6.07, 6.45) is 0. The quantitative estimate of drug-likeness (QED) is 0.788. The summed E-state index contributed by atoms with van der Waals surface area (Å²) in [4.78, 5) is 0. The molecule has 1 aromatic carbocycles. The first-order valence-corrected chi connectivity index (χ1v) is 6.26. The lowest BCUT2D eigenvalue weighted by Gasteiger charge is -2.07. The SMILES string of the molecule is CCNCCNCc1cc(Br)ccc1Cl. The molecular weight excluding hydrogens is 275 g/mol. The van der Waals surface area contributed by atoms with Crippen molar-refractivity contribution < 1.29 is 0 Å². The van der Waals surface area contributed by atoms with Gasteiger partial charge in [-0.15, -0.1) is 0 Å². The minimum atomic E-state index is 0.809. The van der Waals surface area contributed by atoms with Gasteiger partial charge in [0.25, 0.3) is 0 Å². The van der Waals surface area contributed by atoms with E-state index in [2.05, 4.69) is 33.5 Å². The lowest BCUT2D eigenvalue weighted by molar-refractivity contribution is 0.625. The highest BCUT2D eigenvalue weighted by Gasteiger charge is 1.99. The van der Waals surface area contributed by atoms with Crippen LogP contribution in [-0.2, 0) is 6.54 Å². The monoisotopic (exact) mass is 290 g/mol. The summed E-state index contributed by atoms with van der Waals surface area (Å²) in [5, 5.41) is 7.41. The van der Waals surface area contributed by atoms with Crippen LogP contribution in [-0.4, -0.2) is 19.6 Å². The molecule has 84 valence electrons. The fourth-order valence-electron chi connectivity index (χ4n) is 1.26. The Hall–Kier alpha value is -0.0900. The van der Waals surface area contributed by atoms with Crippen LogP contribution in [0.5, 0.6) is 0 Å². The molecule has 2 nitrogen and oxygen atoms in total. The van der Waals surface area contributed by atoms with Gasteiger partial charge in [-0.2, -0.15) is 0 Å². The molecule has 1 rings (SSSR count). The van der Waals surface area contributed by atoms with Gasteiger partial charge < -0.3 is 10.6 Å². The van der Waals surface area contributed by atoms with E-state index in [1.807, 2.05) is 18.2 Å². The number of likely N-dealkylation sites (N-methyl/N-ethyl adjacent to an activating group) is 1. The minimum Gasteiger partial charge on any atom is -0.316 e. The second-order valence-electron chi connectivity index (χ2n) is 3.27. The highest BCUT2D eigenvalue weighted by molar-refractivity contribution is 9.10. The molecule has 1 aromatic rings. The van der Waals surface area contributed by atoms with Crippen LogP contribution in [0, 0.1) is 0 Å². The van der Waals surface area contributed by atoms with Crippen molar-refractivity contribution >= 4 is 27.5 Å². The van der Waals surface area contributed by atoms with Gasteiger partial charge in [0.2, 0.25) is 0 Å². The van der Waals surface area contributed by atoms with Crippen molar-refractivity contribution in [2.24, 2.45) is 0 Å². The van der Waals surface area contributed by atoms with Gasteiger partial charge in [-0.05, 0) is 30.3 Å². The fourth-order valence-corrected chi connectivity index (χ4v) is 1.85. The van der Waals surface area contributed by atoms with E-state index < -0.39 is 0 Å². The van der Waals surface area contributed by atoms with Crippen LogP contribution in [0.1, 0.15) is 12.5 Å². The molecule has 0 aliphatic carbocycles. The summed E-state index contributed by atoms with van der Waals surface area (Å²) in [7, 11) is 0. The third-order valence-corrected chi connectivity index (χ3v) is 2.91. The van der Waals surface area contributed by atoms with E-state index in [1.54, 1.807) is 0 Å². The van der Waals surface area contributed by atoms with E-state index in [-0.39, 0.29) is 0 Å². The molecule has 0 unspecified atom stereocenters. The van der Waals surface area contributed by atoms with Crippen molar-refractivity contribution in [2.45, 2.75) is 13.5 Å². The van der Waals surface area contributed by atoms with E-state index in [1.165, 1.54) is 0 Å². The van der Waals surface area contributed by atoms with Crippen LogP contribution in [0.4, 0.5) is 0 Å². The number of halogens is 2. The Bertz CT molecular complexity index is 305. The zero-order valence-corrected chi connectivity index (χ0v) is 11.2. The lowest BCUT2D eigenvalue weighted by Crippen LogP contribution is -2.26. The average Bonchev–Trinajstić information content (AvgIpc) is 2.23. The second-order valence-corrected chi connectivity index (χ2v) is 4.59. The standard InChI is InChI=1S/C11H16BrClN2/c1-2-14-5-6-15-8-9-7-10(12)3-4-11(9)13/h3-4,7,14-15H,2,5-6,8H2,1H3. The molecule has 2 N–H and O–H groups in total. The zero-order valence-electron chi connectivity index (χ0n) is 8.82. The number of hydrogen-bond acceptors (Lipinski definition) is 2. The fraction of sp³-hybridized carbons (Fsp3) is 0.455. The molecule has 0 radical (unpaired) electrons. The molecule has 0 saturated carbocycles. The number of rotatable bonds is 6. The van der Waals surface area contributed by atoms with E-state index >= 15 is 0 Å². The number of hydrogen-bond donors (Lipinski definition) is 2. The normalized spacial score (nSPS) is 10.6. The first-order valence-electron chi connectivity index (χ1n) is 5.09. The molecule has 0 aliphatic rings. The molecule has 0 heterocycles. The molecule has 4 heteroatoms. The molecular formula is C11H16BrClN2. The van der Waals surface area contributed by atoms with Crippen LogP contribution in [0.15, 0.2) is 22.7 Å². The van der Waals surface area contributed by atoms with E-state index in [4.69, 9.17) is 11.6 Å². The maximum Gasteiger partial charge on any atom is 0.0451 e. The van der Waals surface area contributed by atoms with Gasteiger partial charge in [0, 0.05) is 29.1 Å². The summed E-state index contributed by atoms with van der Waals surface area (Å²) in [5.74, 6) is 0. The predicted molar refractivity (Wildman–Crippen MR) is 69.4 cm³/mol. The molecule has 0 bridgehead atoms. The van der Waals surface area contributed by atoms with E-state index in [0.717, 1.165) is 41.2 Å². The Morgan fingerprint density at radius 3 is 2.73 bits per heavy atom. The van der Waals surface area contributed by atoms with Gasteiger partial charge >= 0.3 is 0 Å². The van der Waals surface area contributed by atoms with Gasteiger partial charge in [-0.25, -0.2) is 0 Å². The maximum absolute atomic E-state index is 6.06. The highest BCUT2D eigenvalue weighted by Crippen LogP contribution is 2.20. The molecule has 0 spiro atoms. The minimum absolute atomic E-state index is 0.809. The number of nitrogens with one attached hydrogen (secondary N) is 2. The summed E-state index contributed by atoms with van der Waals surface area (Å²) in [6, 6.07) is 5.90. The second kappa shape index (κ2) is 7.23. The van der Waals surface area contributed by atoms with Crippen LogP contribution >= 0.6 is 27.5 Å². The zero-order chi connectivity index (χ0) is 11.1. The third-order valence-electron chi connectivity index (χ3n) is 2.05. The Balaban J connectivity index is 2.33.